The Morgan fingerprint density at radius 2 is 1.41 bits per heavy atom. The summed E-state index contributed by atoms with van der Waals surface area (Å²) >= 11 is 0. The number of carbonyl (C=O) groups excluding carboxylic acids is 2. The Morgan fingerprint density at radius 1 is 0.878 bits per heavy atom. The van der Waals surface area contributed by atoms with Crippen LogP contribution in [0, 0.1) is 0 Å². The van der Waals surface area contributed by atoms with Crippen molar-refractivity contribution >= 4 is 17.9 Å². The van der Waals surface area contributed by atoms with Gasteiger partial charge in [0, 0.05) is 24.2 Å². The Labute approximate surface area is 232 Å². The topological polar surface area (TPSA) is 77.5 Å². The van der Waals surface area contributed by atoms with Gasteiger partial charge in [0.15, 0.2) is 11.5 Å². The average molecular weight is 593 g/mol. The number of rotatable bonds is 7. The summed E-state index contributed by atoms with van der Waals surface area (Å²) in [6, 6.07) is 2.56. The van der Waals surface area contributed by atoms with Crippen LogP contribution in [0.3, 0.4) is 0 Å². The van der Waals surface area contributed by atoms with Crippen LogP contribution in [0.15, 0.2) is 30.3 Å². The molecule has 41 heavy (non-hydrogen) atoms. The van der Waals surface area contributed by atoms with E-state index < -0.39 is 59.9 Å². The van der Waals surface area contributed by atoms with Crippen LogP contribution < -0.4 is 14.4 Å². The van der Waals surface area contributed by atoms with Crippen LogP contribution in [0.2, 0.25) is 0 Å². The highest BCUT2D eigenvalue weighted by atomic mass is 19.4. The van der Waals surface area contributed by atoms with Crippen molar-refractivity contribution in [3.8, 4) is 11.5 Å². The zero-order valence-corrected chi connectivity index (χ0v) is 23.0. The van der Waals surface area contributed by atoms with E-state index in [2.05, 4.69) is 0 Å². The molecule has 0 bridgehead atoms. The number of benzene rings is 2. The van der Waals surface area contributed by atoms with Gasteiger partial charge in [-0.3, -0.25) is 9.80 Å². The number of methoxy groups -OCH3 is 2. The van der Waals surface area contributed by atoms with Crippen LogP contribution in [0.1, 0.15) is 55.5 Å². The van der Waals surface area contributed by atoms with Gasteiger partial charge in [-0.1, -0.05) is 0 Å². The highest BCUT2D eigenvalue weighted by Crippen LogP contribution is 2.47. The quantitative estimate of drug-likeness (QED) is 0.317. The van der Waals surface area contributed by atoms with Gasteiger partial charge in [0.25, 0.3) is 0 Å². The summed E-state index contributed by atoms with van der Waals surface area (Å²) in [6.45, 7) is 4.10. The maximum atomic E-state index is 13.5. The summed E-state index contributed by atoms with van der Waals surface area (Å²) < 4.78 is 102. The second-order valence-electron chi connectivity index (χ2n) is 9.18. The SMILES string of the molecule is CCOC(=O)N(Cc1cc(C(F)(F)F)cc(C(F)(F)F)c1)[C@H]1C[C@@H](C)N(C(=O)OCC)c2cc(OC)c(OC)cc21. The molecule has 2 atom stereocenters. The lowest BCUT2D eigenvalue weighted by atomic mass is 9.90. The van der Waals surface area contributed by atoms with Crippen molar-refractivity contribution < 1.29 is 54.9 Å². The molecule has 14 heteroatoms. The van der Waals surface area contributed by atoms with Gasteiger partial charge in [-0.2, -0.15) is 26.3 Å². The summed E-state index contributed by atoms with van der Waals surface area (Å²) in [4.78, 5) is 28.5. The molecule has 0 fully saturated rings. The van der Waals surface area contributed by atoms with Crippen LogP contribution in [-0.4, -0.2) is 50.6 Å². The van der Waals surface area contributed by atoms with Crippen molar-refractivity contribution in [2.45, 2.75) is 58.2 Å². The number of hydrogen-bond acceptors (Lipinski definition) is 6. The maximum Gasteiger partial charge on any atom is 0.416 e. The summed E-state index contributed by atoms with van der Waals surface area (Å²) in [5.74, 6) is 0.459. The Balaban J connectivity index is 2.22. The molecule has 0 unspecified atom stereocenters. The summed E-state index contributed by atoms with van der Waals surface area (Å²) in [5, 5.41) is 0. The van der Waals surface area contributed by atoms with E-state index >= 15 is 0 Å². The molecule has 0 radical (unpaired) electrons. The van der Waals surface area contributed by atoms with Gasteiger partial charge < -0.3 is 18.9 Å². The van der Waals surface area contributed by atoms with E-state index in [9.17, 15) is 35.9 Å². The molecule has 2 amide bonds. The second kappa shape index (κ2) is 12.4. The third-order valence-electron chi connectivity index (χ3n) is 6.50. The van der Waals surface area contributed by atoms with Gasteiger partial charge in [0.2, 0.25) is 0 Å². The number of hydrogen-bond donors (Lipinski definition) is 0. The standard InChI is InChI=1S/C27H30F6N2O6/c1-6-40-24(36)34(14-16-9-17(26(28,29)30)11-18(10-16)27(31,32)33)20-8-15(3)35(25(37)41-7-2)21-13-23(39-5)22(38-4)12-19(20)21/h9-13,15,20H,6-8,14H2,1-5H3/t15-,20+/m1/s1. The lowest BCUT2D eigenvalue weighted by Crippen LogP contribution is -2.47. The van der Waals surface area contributed by atoms with Crippen molar-refractivity contribution in [2.24, 2.45) is 0 Å². The molecule has 0 saturated heterocycles. The van der Waals surface area contributed by atoms with E-state index in [4.69, 9.17) is 18.9 Å². The molecule has 226 valence electrons. The largest absolute Gasteiger partial charge is 0.493 e. The molecular weight excluding hydrogens is 562 g/mol. The third kappa shape index (κ3) is 6.91. The van der Waals surface area contributed by atoms with Crippen LogP contribution >= 0.6 is 0 Å². The number of amides is 2. The Kier molecular flexibility index (Phi) is 9.54. The van der Waals surface area contributed by atoms with E-state index in [0.717, 1.165) is 4.90 Å². The molecule has 0 N–H and O–H groups in total. The van der Waals surface area contributed by atoms with E-state index in [-0.39, 0.29) is 42.9 Å². The fraction of sp³-hybridized carbons (Fsp3) is 0.481. The average Bonchev–Trinajstić information content (AvgIpc) is 2.89. The maximum absolute atomic E-state index is 13.5. The van der Waals surface area contributed by atoms with Crippen molar-refractivity contribution in [2.75, 3.05) is 32.3 Å². The molecule has 2 aromatic carbocycles. The minimum absolute atomic E-state index is 0.0184. The number of fused-ring (bicyclic) bond motifs is 1. The van der Waals surface area contributed by atoms with Gasteiger partial charge in [-0.15, -0.1) is 0 Å². The molecule has 1 aliphatic heterocycles. The fourth-order valence-corrected chi connectivity index (χ4v) is 4.73. The van der Waals surface area contributed by atoms with Crippen molar-refractivity contribution in [1.82, 2.24) is 4.90 Å². The van der Waals surface area contributed by atoms with Gasteiger partial charge in [-0.25, -0.2) is 9.59 Å². The molecule has 2 aromatic rings. The smallest absolute Gasteiger partial charge is 0.416 e. The minimum atomic E-state index is -5.07. The molecule has 1 heterocycles. The first-order valence-electron chi connectivity index (χ1n) is 12.6. The van der Waals surface area contributed by atoms with Crippen LogP contribution in [0.4, 0.5) is 41.6 Å². The Bertz CT molecular complexity index is 1230. The third-order valence-corrected chi connectivity index (χ3v) is 6.50. The monoisotopic (exact) mass is 592 g/mol. The normalized spacial score (nSPS) is 17.0. The fourth-order valence-electron chi connectivity index (χ4n) is 4.73. The van der Waals surface area contributed by atoms with E-state index in [1.165, 1.54) is 38.2 Å². The lowest BCUT2D eigenvalue weighted by molar-refractivity contribution is -0.143. The number of nitrogens with zero attached hydrogens (tertiary/aromatic N) is 2. The zero-order chi connectivity index (χ0) is 30.7. The first-order valence-corrected chi connectivity index (χ1v) is 12.6. The van der Waals surface area contributed by atoms with Gasteiger partial charge in [0.05, 0.1) is 50.3 Å². The summed E-state index contributed by atoms with van der Waals surface area (Å²) in [7, 11) is 2.73. The van der Waals surface area contributed by atoms with Crippen molar-refractivity contribution in [3.05, 3.63) is 52.6 Å². The molecule has 8 nitrogen and oxygen atoms in total. The van der Waals surface area contributed by atoms with E-state index in [0.29, 0.717) is 17.7 Å². The van der Waals surface area contributed by atoms with Crippen molar-refractivity contribution in [3.63, 3.8) is 0 Å². The zero-order valence-electron chi connectivity index (χ0n) is 23.0. The number of halogens is 6. The lowest BCUT2D eigenvalue weighted by Gasteiger charge is -2.42. The second-order valence-corrected chi connectivity index (χ2v) is 9.18. The first kappa shape index (κ1) is 31.7. The minimum Gasteiger partial charge on any atom is -0.493 e. The van der Waals surface area contributed by atoms with Crippen LogP contribution in [0.25, 0.3) is 0 Å². The Hall–Kier alpha value is -3.84. The molecule has 0 aliphatic carbocycles. The summed E-state index contributed by atoms with van der Waals surface area (Å²) in [5.41, 5.74) is -2.85. The molecule has 0 saturated carbocycles. The highest BCUT2D eigenvalue weighted by molar-refractivity contribution is 5.91. The predicted octanol–water partition coefficient (Wildman–Crippen LogP) is 7.20. The molecule has 3 rings (SSSR count). The molecular formula is C27H30F6N2O6. The number of alkyl halides is 6. The molecule has 1 aliphatic rings. The van der Waals surface area contributed by atoms with Gasteiger partial charge in [0.1, 0.15) is 0 Å². The first-order chi connectivity index (χ1) is 19.2. The van der Waals surface area contributed by atoms with E-state index in [1.54, 1.807) is 13.8 Å². The number of ether oxygens (including phenoxy) is 4. The number of carbonyl (C=O) groups is 2. The van der Waals surface area contributed by atoms with Crippen molar-refractivity contribution in [1.29, 1.82) is 0 Å². The van der Waals surface area contributed by atoms with Gasteiger partial charge >= 0.3 is 24.5 Å². The number of anilines is 1. The van der Waals surface area contributed by atoms with Gasteiger partial charge in [-0.05, 0) is 57.0 Å². The highest BCUT2D eigenvalue weighted by Gasteiger charge is 2.42. The Morgan fingerprint density at radius 3 is 1.90 bits per heavy atom. The predicted molar refractivity (Wildman–Crippen MR) is 135 cm³/mol. The van der Waals surface area contributed by atoms with Crippen LogP contribution in [-0.2, 0) is 28.4 Å². The summed E-state index contributed by atoms with van der Waals surface area (Å²) in [6.07, 6.45) is -11.8. The molecule has 0 spiro atoms. The van der Waals surface area contributed by atoms with E-state index in [1.807, 2.05) is 0 Å². The van der Waals surface area contributed by atoms with Crippen LogP contribution in [0.5, 0.6) is 11.5 Å². The molecule has 0 aromatic heterocycles.